The molecule has 0 bridgehead atoms. The quantitative estimate of drug-likeness (QED) is 0.903. The van der Waals surface area contributed by atoms with Crippen LogP contribution >= 0.6 is 23.1 Å². The average Bonchev–Trinajstić information content (AvgIpc) is 2.87. The van der Waals surface area contributed by atoms with Crippen molar-refractivity contribution < 1.29 is 0 Å². The second-order valence-corrected chi connectivity index (χ2v) is 5.84. The summed E-state index contributed by atoms with van der Waals surface area (Å²) in [6.07, 6.45) is 4.16. The molecule has 0 aliphatic heterocycles. The van der Waals surface area contributed by atoms with Crippen molar-refractivity contribution in [3.8, 4) is 0 Å². The highest BCUT2D eigenvalue weighted by Gasteiger charge is 2.18. The minimum Gasteiger partial charge on any atom is -0.355 e. The summed E-state index contributed by atoms with van der Waals surface area (Å²) in [6, 6.07) is 0.458. The van der Waals surface area contributed by atoms with Crippen LogP contribution in [0.1, 0.15) is 12.6 Å². The van der Waals surface area contributed by atoms with E-state index in [1.807, 2.05) is 23.3 Å². The van der Waals surface area contributed by atoms with Crippen molar-refractivity contribution in [1.29, 1.82) is 0 Å². The Morgan fingerprint density at radius 2 is 2.41 bits per heavy atom. The Bertz CT molecular complexity index is 491. The summed E-state index contributed by atoms with van der Waals surface area (Å²) in [4.78, 5) is 7.90. The predicted octanol–water partition coefficient (Wildman–Crippen LogP) is 2.04. The van der Waals surface area contributed by atoms with Crippen LogP contribution in [0, 0.1) is 0 Å². The zero-order chi connectivity index (χ0) is 12.4. The van der Waals surface area contributed by atoms with Crippen LogP contribution in [0.25, 0.3) is 4.96 Å². The SMILES string of the molecule is CSCC(C)N(C)c1nc2sccn2c1CN. The minimum atomic E-state index is 0.458. The van der Waals surface area contributed by atoms with Crippen LogP contribution in [0.5, 0.6) is 0 Å². The summed E-state index contributed by atoms with van der Waals surface area (Å²) in [5, 5.41) is 2.04. The fourth-order valence-electron chi connectivity index (χ4n) is 1.86. The van der Waals surface area contributed by atoms with Gasteiger partial charge in [0, 0.05) is 37.0 Å². The van der Waals surface area contributed by atoms with Crippen molar-refractivity contribution in [3.63, 3.8) is 0 Å². The molecule has 0 aromatic carbocycles. The Balaban J connectivity index is 2.36. The van der Waals surface area contributed by atoms with Crippen LogP contribution in [0.15, 0.2) is 11.6 Å². The molecular weight excluding hydrogens is 252 g/mol. The molecule has 0 fully saturated rings. The molecule has 0 aliphatic rings. The number of rotatable bonds is 5. The lowest BCUT2D eigenvalue weighted by Gasteiger charge is -2.25. The van der Waals surface area contributed by atoms with Gasteiger partial charge in [0.05, 0.1) is 5.69 Å². The first kappa shape index (κ1) is 12.7. The highest BCUT2D eigenvalue weighted by Crippen LogP contribution is 2.25. The number of thiazole rings is 1. The van der Waals surface area contributed by atoms with Crippen molar-refractivity contribution in [2.24, 2.45) is 5.73 Å². The van der Waals surface area contributed by atoms with Gasteiger partial charge in [0.25, 0.3) is 0 Å². The molecule has 2 heterocycles. The summed E-state index contributed by atoms with van der Waals surface area (Å²) < 4.78 is 2.09. The van der Waals surface area contributed by atoms with Crippen LogP contribution in [0.4, 0.5) is 5.82 Å². The van der Waals surface area contributed by atoms with E-state index < -0.39 is 0 Å². The van der Waals surface area contributed by atoms with Gasteiger partial charge >= 0.3 is 0 Å². The van der Waals surface area contributed by atoms with E-state index in [0.717, 1.165) is 22.2 Å². The Kier molecular flexibility index (Phi) is 3.96. The molecule has 2 aromatic rings. The maximum absolute atomic E-state index is 5.84. The number of aromatic nitrogens is 2. The van der Waals surface area contributed by atoms with Gasteiger partial charge in [0.15, 0.2) is 10.8 Å². The summed E-state index contributed by atoms with van der Waals surface area (Å²) in [6.45, 7) is 2.73. The zero-order valence-corrected chi connectivity index (χ0v) is 12.0. The number of anilines is 1. The molecule has 94 valence electrons. The molecule has 0 radical (unpaired) electrons. The van der Waals surface area contributed by atoms with Crippen LogP contribution in [-0.2, 0) is 6.54 Å². The van der Waals surface area contributed by atoms with Crippen molar-refractivity contribution in [2.45, 2.75) is 19.5 Å². The standard InChI is InChI=1S/C11H18N4S2/c1-8(7-16-3)14(2)10-9(6-12)15-4-5-17-11(15)13-10/h4-5,8H,6-7,12H2,1-3H3. The monoisotopic (exact) mass is 270 g/mol. The van der Waals surface area contributed by atoms with Gasteiger partial charge in [-0.3, -0.25) is 4.40 Å². The summed E-state index contributed by atoms with van der Waals surface area (Å²) in [5.41, 5.74) is 6.94. The van der Waals surface area contributed by atoms with Crippen LogP contribution in [0.3, 0.4) is 0 Å². The normalized spacial score (nSPS) is 13.2. The number of nitrogens with zero attached hydrogens (tertiary/aromatic N) is 3. The van der Waals surface area contributed by atoms with E-state index in [9.17, 15) is 0 Å². The molecule has 1 unspecified atom stereocenters. The second kappa shape index (κ2) is 5.29. The largest absolute Gasteiger partial charge is 0.355 e. The second-order valence-electron chi connectivity index (χ2n) is 4.06. The fraction of sp³-hybridized carbons (Fsp3) is 0.545. The molecule has 0 saturated carbocycles. The summed E-state index contributed by atoms with van der Waals surface area (Å²) in [5.74, 6) is 2.10. The molecule has 0 saturated heterocycles. The van der Waals surface area contributed by atoms with E-state index in [1.165, 1.54) is 0 Å². The highest BCUT2D eigenvalue weighted by atomic mass is 32.2. The molecule has 17 heavy (non-hydrogen) atoms. The minimum absolute atomic E-state index is 0.458. The van der Waals surface area contributed by atoms with Gasteiger partial charge in [-0.05, 0) is 13.2 Å². The molecule has 2 rings (SSSR count). The maximum atomic E-state index is 5.84. The van der Waals surface area contributed by atoms with E-state index in [-0.39, 0.29) is 0 Å². The topological polar surface area (TPSA) is 46.6 Å². The molecule has 1 atom stereocenters. The van der Waals surface area contributed by atoms with E-state index in [1.54, 1.807) is 11.3 Å². The molecule has 2 N–H and O–H groups in total. The molecular formula is C11H18N4S2. The Morgan fingerprint density at radius 3 is 3.06 bits per heavy atom. The summed E-state index contributed by atoms with van der Waals surface area (Å²) >= 11 is 3.49. The number of nitrogens with two attached hydrogens (primary N) is 1. The lowest BCUT2D eigenvalue weighted by atomic mass is 10.3. The molecule has 0 amide bonds. The van der Waals surface area contributed by atoms with Crippen molar-refractivity contribution in [2.75, 3.05) is 24.0 Å². The van der Waals surface area contributed by atoms with Gasteiger partial charge < -0.3 is 10.6 Å². The number of fused-ring (bicyclic) bond motifs is 1. The number of hydrogen-bond acceptors (Lipinski definition) is 5. The third-order valence-corrected chi connectivity index (χ3v) is 4.51. The first-order valence-corrected chi connectivity index (χ1v) is 7.82. The Labute approximate surface area is 110 Å². The maximum Gasteiger partial charge on any atom is 0.195 e. The lowest BCUT2D eigenvalue weighted by molar-refractivity contribution is 0.748. The molecule has 0 spiro atoms. The number of thioether (sulfide) groups is 1. The van der Waals surface area contributed by atoms with E-state index in [4.69, 9.17) is 5.73 Å². The van der Waals surface area contributed by atoms with E-state index in [2.05, 4.69) is 34.5 Å². The van der Waals surface area contributed by atoms with Crippen molar-refractivity contribution >= 4 is 33.9 Å². The van der Waals surface area contributed by atoms with Crippen molar-refractivity contribution in [1.82, 2.24) is 9.38 Å². The molecule has 2 aromatic heterocycles. The first-order chi connectivity index (χ1) is 8.19. The van der Waals surface area contributed by atoms with E-state index >= 15 is 0 Å². The van der Waals surface area contributed by atoms with Gasteiger partial charge in [0.2, 0.25) is 0 Å². The first-order valence-electron chi connectivity index (χ1n) is 5.55. The van der Waals surface area contributed by atoms with Gasteiger partial charge in [-0.15, -0.1) is 11.3 Å². The van der Waals surface area contributed by atoms with Gasteiger partial charge in [-0.2, -0.15) is 11.8 Å². The fourth-order valence-corrected chi connectivity index (χ4v) is 3.29. The van der Waals surface area contributed by atoms with Crippen LogP contribution in [0.2, 0.25) is 0 Å². The van der Waals surface area contributed by atoms with Gasteiger partial charge in [0.1, 0.15) is 0 Å². The number of imidazole rings is 1. The third-order valence-electron chi connectivity index (χ3n) is 2.94. The lowest BCUT2D eigenvalue weighted by Crippen LogP contribution is -2.32. The Morgan fingerprint density at radius 1 is 1.65 bits per heavy atom. The zero-order valence-electron chi connectivity index (χ0n) is 10.4. The summed E-state index contributed by atoms with van der Waals surface area (Å²) in [7, 11) is 2.09. The van der Waals surface area contributed by atoms with E-state index in [0.29, 0.717) is 12.6 Å². The smallest absolute Gasteiger partial charge is 0.195 e. The van der Waals surface area contributed by atoms with Crippen LogP contribution < -0.4 is 10.6 Å². The van der Waals surface area contributed by atoms with Crippen molar-refractivity contribution in [3.05, 3.63) is 17.3 Å². The molecule has 4 nitrogen and oxygen atoms in total. The Hall–Kier alpha value is -0.720. The van der Waals surface area contributed by atoms with Gasteiger partial charge in [-0.25, -0.2) is 4.98 Å². The molecule has 6 heteroatoms. The van der Waals surface area contributed by atoms with Gasteiger partial charge in [-0.1, -0.05) is 0 Å². The highest BCUT2D eigenvalue weighted by molar-refractivity contribution is 7.98. The predicted molar refractivity (Wildman–Crippen MR) is 77.2 cm³/mol. The average molecular weight is 270 g/mol. The third kappa shape index (κ3) is 2.29. The molecule has 0 aliphatic carbocycles. The van der Waals surface area contributed by atoms with Crippen LogP contribution in [-0.4, -0.2) is 34.5 Å². The number of hydrogen-bond donors (Lipinski definition) is 1.